The first-order valence-corrected chi connectivity index (χ1v) is 9.46. The van der Waals surface area contributed by atoms with Gasteiger partial charge in [0, 0.05) is 37.8 Å². The van der Waals surface area contributed by atoms with Gasteiger partial charge in [0.25, 0.3) is 0 Å². The molecular formula is C21H24FN3O3. The maximum atomic E-state index is 13.5. The Kier molecular flexibility index (Phi) is 6.94. The maximum Gasteiger partial charge on any atom is 0.225 e. The predicted molar refractivity (Wildman–Crippen MR) is 102 cm³/mol. The number of hydrogen-bond donors (Lipinski definition) is 1. The number of benzene rings is 1. The average Bonchev–Trinajstić information content (AvgIpc) is 2.72. The zero-order valence-electron chi connectivity index (χ0n) is 15.6. The monoisotopic (exact) mass is 385 g/mol. The number of halogens is 1. The summed E-state index contributed by atoms with van der Waals surface area (Å²) in [7, 11) is 0. The zero-order chi connectivity index (χ0) is 19.8. The van der Waals surface area contributed by atoms with E-state index < -0.39 is 5.82 Å². The lowest BCUT2D eigenvalue weighted by Gasteiger charge is -2.32. The lowest BCUT2D eigenvalue weighted by Crippen LogP contribution is -2.47. The predicted octanol–water partition coefficient (Wildman–Crippen LogP) is 2.20. The van der Waals surface area contributed by atoms with Gasteiger partial charge in [-0.3, -0.25) is 14.6 Å². The number of rotatable bonds is 8. The van der Waals surface area contributed by atoms with Crippen molar-refractivity contribution < 1.29 is 18.7 Å². The molecule has 1 saturated heterocycles. The molecule has 1 aliphatic heterocycles. The number of likely N-dealkylation sites (tertiary alicyclic amines) is 1. The van der Waals surface area contributed by atoms with Crippen molar-refractivity contribution in [3.8, 4) is 5.75 Å². The fourth-order valence-corrected chi connectivity index (χ4v) is 3.18. The molecule has 1 aromatic heterocycles. The molecule has 1 fully saturated rings. The third kappa shape index (κ3) is 5.52. The van der Waals surface area contributed by atoms with Crippen LogP contribution in [-0.4, -0.2) is 47.9 Å². The molecule has 0 radical (unpaired) electrons. The highest BCUT2D eigenvalue weighted by atomic mass is 19.1. The van der Waals surface area contributed by atoms with Crippen molar-refractivity contribution in [3.63, 3.8) is 0 Å². The van der Waals surface area contributed by atoms with Gasteiger partial charge in [0.15, 0.2) is 11.6 Å². The van der Waals surface area contributed by atoms with E-state index in [1.165, 1.54) is 6.07 Å². The minimum absolute atomic E-state index is 0.0721. The minimum atomic E-state index is -0.428. The minimum Gasteiger partial charge on any atom is -0.489 e. The van der Waals surface area contributed by atoms with Crippen LogP contribution in [0, 0.1) is 11.7 Å². The number of nitrogens with zero attached hydrogens (tertiary/aromatic N) is 2. The van der Waals surface area contributed by atoms with Gasteiger partial charge >= 0.3 is 0 Å². The summed E-state index contributed by atoms with van der Waals surface area (Å²) in [6.45, 7) is 1.43. The van der Waals surface area contributed by atoms with Gasteiger partial charge in [-0.1, -0.05) is 18.2 Å². The molecule has 1 aliphatic rings. The van der Waals surface area contributed by atoms with Crippen molar-refractivity contribution >= 4 is 11.8 Å². The number of hydrogen-bond acceptors (Lipinski definition) is 4. The van der Waals surface area contributed by atoms with Crippen molar-refractivity contribution in [3.05, 3.63) is 60.2 Å². The Morgan fingerprint density at radius 3 is 2.86 bits per heavy atom. The second-order valence-electron chi connectivity index (χ2n) is 6.72. The van der Waals surface area contributed by atoms with Gasteiger partial charge in [0.1, 0.15) is 6.61 Å². The van der Waals surface area contributed by atoms with Crippen molar-refractivity contribution in [2.45, 2.75) is 19.3 Å². The van der Waals surface area contributed by atoms with E-state index in [0.29, 0.717) is 32.4 Å². The highest BCUT2D eigenvalue weighted by molar-refractivity contribution is 5.83. The number of piperidine rings is 1. The Labute approximate surface area is 163 Å². The van der Waals surface area contributed by atoms with Crippen molar-refractivity contribution in [2.24, 2.45) is 5.92 Å². The number of ether oxygens (including phenoxy) is 1. The van der Waals surface area contributed by atoms with Gasteiger partial charge in [-0.2, -0.15) is 0 Å². The lowest BCUT2D eigenvalue weighted by atomic mass is 9.96. The zero-order valence-corrected chi connectivity index (χ0v) is 15.6. The van der Waals surface area contributed by atoms with E-state index in [0.717, 1.165) is 5.69 Å². The molecule has 7 heteroatoms. The standard InChI is InChI=1S/C21H24FN3O3/c22-18-6-1-2-7-19(18)28-14-12-24-21(27)16-8-9-20(26)25(15-16)13-10-17-5-3-4-11-23-17/h1-7,11,16H,8-10,12-15H2,(H,24,27)/t16-/m1/s1. The van der Waals surface area contributed by atoms with Gasteiger partial charge in [-0.25, -0.2) is 4.39 Å². The molecule has 1 atom stereocenters. The number of carbonyl (C=O) groups excluding carboxylic acids is 2. The van der Waals surface area contributed by atoms with Crippen molar-refractivity contribution in [1.82, 2.24) is 15.2 Å². The van der Waals surface area contributed by atoms with Gasteiger partial charge in [0.2, 0.25) is 11.8 Å². The van der Waals surface area contributed by atoms with Crippen LogP contribution >= 0.6 is 0 Å². The van der Waals surface area contributed by atoms with Crippen molar-refractivity contribution in [1.29, 1.82) is 0 Å². The van der Waals surface area contributed by atoms with Crippen LogP contribution in [0.5, 0.6) is 5.75 Å². The first-order chi connectivity index (χ1) is 13.6. The topological polar surface area (TPSA) is 71.5 Å². The molecule has 28 heavy (non-hydrogen) atoms. The molecule has 0 saturated carbocycles. The third-order valence-electron chi connectivity index (χ3n) is 4.73. The van der Waals surface area contributed by atoms with Crippen LogP contribution in [0.15, 0.2) is 48.7 Å². The summed E-state index contributed by atoms with van der Waals surface area (Å²) in [6.07, 6.45) is 3.30. The van der Waals surface area contributed by atoms with Gasteiger partial charge < -0.3 is 15.0 Å². The molecule has 0 unspecified atom stereocenters. The number of pyridine rings is 1. The summed E-state index contributed by atoms with van der Waals surface area (Å²) in [5.74, 6) is -0.533. The molecule has 1 N–H and O–H groups in total. The molecule has 2 aromatic rings. The summed E-state index contributed by atoms with van der Waals surface area (Å²) in [5, 5.41) is 2.81. The largest absolute Gasteiger partial charge is 0.489 e. The molecule has 0 aliphatic carbocycles. The molecule has 0 spiro atoms. The summed E-state index contributed by atoms with van der Waals surface area (Å²) in [5.41, 5.74) is 0.923. The SMILES string of the molecule is O=C(NCCOc1ccccc1F)[C@@H]1CCC(=O)N(CCc2ccccn2)C1. The first kappa shape index (κ1) is 19.8. The van der Waals surface area contributed by atoms with E-state index in [1.54, 1.807) is 29.3 Å². The highest BCUT2D eigenvalue weighted by Gasteiger charge is 2.29. The van der Waals surface area contributed by atoms with Crippen LogP contribution in [0.4, 0.5) is 4.39 Å². The first-order valence-electron chi connectivity index (χ1n) is 9.46. The van der Waals surface area contributed by atoms with Crippen molar-refractivity contribution in [2.75, 3.05) is 26.2 Å². The second kappa shape index (κ2) is 9.82. The quantitative estimate of drug-likeness (QED) is 0.707. The molecule has 3 rings (SSSR count). The Balaban J connectivity index is 1.42. The fraction of sp³-hybridized carbons (Fsp3) is 0.381. The Bertz CT molecular complexity index is 800. The molecule has 6 nitrogen and oxygen atoms in total. The van der Waals surface area contributed by atoms with E-state index in [-0.39, 0.29) is 36.6 Å². The van der Waals surface area contributed by atoms with E-state index in [2.05, 4.69) is 10.3 Å². The normalized spacial score (nSPS) is 16.7. The maximum absolute atomic E-state index is 13.5. The molecule has 0 bridgehead atoms. The molecule has 2 amide bonds. The lowest BCUT2D eigenvalue weighted by molar-refractivity contribution is -0.138. The van der Waals surface area contributed by atoms with Gasteiger partial charge in [0.05, 0.1) is 12.5 Å². The number of aromatic nitrogens is 1. The second-order valence-corrected chi connectivity index (χ2v) is 6.72. The number of amides is 2. The van der Waals surface area contributed by atoms with Gasteiger partial charge in [-0.15, -0.1) is 0 Å². The van der Waals surface area contributed by atoms with Crippen LogP contribution in [0.1, 0.15) is 18.5 Å². The Morgan fingerprint density at radius 1 is 1.25 bits per heavy atom. The van der Waals surface area contributed by atoms with E-state index in [4.69, 9.17) is 4.74 Å². The summed E-state index contributed by atoms with van der Waals surface area (Å²) in [6, 6.07) is 11.8. The van der Waals surface area contributed by atoms with Crippen LogP contribution in [0.2, 0.25) is 0 Å². The summed E-state index contributed by atoms with van der Waals surface area (Å²) >= 11 is 0. The van der Waals surface area contributed by atoms with E-state index >= 15 is 0 Å². The third-order valence-corrected chi connectivity index (χ3v) is 4.73. The van der Waals surface area contributed by atoms with Crippen LogP contribution in [0.3, 0.4) is 0 Å². The number of carbonyl (C=O) groups is 2. The Hall–Kier alpha value is -2.96. The average molecular weight is 385 g/mol. The number of nitrogens with one attached hydrogen (secondary N) is 1. The molecule has 148 valence electrons. The summed E-state index contributed by atoms with van der Waals surface area (Å²) < 4.78 is 18.8. The van der Waals surface area contributed by atoms with E-state index in [1.807, 2.05) is 18.2 Å². The Morgan fingerprint density at radius 2 is 2.07 bits per heavy atom. The summed E-state index contributed by atoms with van der Waals surface area (Å²) in [4.78, 5) is 30.6. The van der Waals surface area contributed by atoms with Crippen LogP contribution in [0.25, 0.3) is 0 Å². The molecular weight excluding hydrogens is 361 g/mol. The highest BCUT2D eigenvalue weighted by Crippen LogP contribution is 2.18. The van der Waals surface area contributed by atoms with Crippen LogP contribution < -0.4 is 10.1 Å². The van der Waals surface area contributed by atoms with Gasteiger partial charge in [-0.05, 0) is 30.7 Å². The smallest absolute Gasteiger partial charge is 0.225 e. The van der Waals surface area contributed by atoms with Crippen LogP contribution in [-0.2, 0) is 16.0 Å². The number of para-hydroxylation sites is 1. The molecule has 2 heterocycles. The molecule has 1 aromatic carbocycles. The fourth-order valence-electron chi connectivity index (χ4n) is 3.18. The van der Waals surface area contributed by atoms with E-state index in [9.17, 15) is 14.0 Å².